The van der Waals surface area contributed by atoms with Gasteiger partial charge in [-0.2, -0.15) is 0 Å². The van der Waals surface area contributed by atoms with Crippen LogP contribution in [0.5, 0.6) is 0 Å². The number of aromatic nitrogens is 4. The van der Waals surface area contributed by atoms with Gasteiger partial charge in [0.2, 0.25) is 5.95 Å². The molecule has 1 fully saturated rings. The van der Waals surface area contributed by atoms with Crippen LogP contribution in [0.15, 0.2) is 49.1 Å². The van der Waals surface area contributed by atoms with Crippen molar-refractivity contribution >= 4 is 23.5 Å². The van der Waals surface area contributed by atoms with E-state index in [2.05, 4.69) is 32.2 Å². The molecule has 3 aromatic rings. The van der Waals surface area contributed by atoms with Crippen molar-refractivity contribution in [1.29, 1.82) is 0 Å². The summed E-state index contributed by atoms with van der Waals surface area (Å²) in [6.07, 6.45) is 8.55. The van der Waals surface area contributed by atoms with Crippen molar-refractivity contribution in [2.45, 2.75) is 32.7 Å². The lowest BCUT2D eigenvalue weighted by atomic mass is 9.89. The van der Waals surface area contributed by atoms with Crippen LogP contribution in [0.2, 0.25) is 5.02 Å². The number of nitrogens with one attached hydrogen (secondary N) is 1. The number of anilines is 1. The van der Waals surface area contributed by atoms with Crippen LogP contribution >= 0.6 is 11.6 Å². The van der Waals surface area contributed by atoms with Crippen LogP contribution in [0, 0.1) is 12.8 Å². The molecular weight excluding hydrogens is 412 g/mol. The van der Waals surface area contributed by atoms with Gasteiger partial charge in [-0.3, -0.25) is 4.79 Å². The molecule has 160 valence electrons. The lowest BCUT2D eigenvalue weighted by molar-refractivity contribution is 0.0540. The summed E-state index contributed by atoms with van der Waals surface area (Å²) in [5.74, 6) is 1.42. The molecule has 2 aromatic heterocycles. The highest BCUT2D eigenvalue weighted by molar-refractivity contribution is 6.30. The highest BCUT2D eigenvalue weighted by Gasteiger charge is 2.34. The number of rotatable bonds is 5. The number of carbonyl (C=O) groups excluding carboxylic acids is 1. The Balaban J connectivity index is 1.62. The summed E-state index contributed by atoms with van der Waals surface area (Å²) in [5.41, 5.74) is 2.34. The molecule has 0 bridgehead atoms. The van der Waals surface area contributed by atoms with Gasteiger partial charge in [0.15, 0.2) is 5.82 Å². The second kappa shape index (κ2) is 9.39. The molecule has 1 aliphatic heterocycles. The SMILES string of the molecule is Cc1cccc(-c2ncccn2)c1C(=O)N1CCC[C@@H](C)C1CNc1ncc(Cl)cn1. The smallest absolute Gasteiger partial charge is 0.255 e. The van der Waals surface area contributed by atoms with E-state index in [0.29, 0.717) is 41.4 Å². The molecule has 1 saturated heterocycles. The maximum atomic E-state index is 13.8. The minimum atomic E-state index is 0.0101. The third-order valence-corrected chi connectivity index (χ3v) is 5.95. The zero-order valence-corrected chi connectivity index (χ0v) is 18.4. The van der Waals surface area contributed by atoms with Crippen LogP contribution in [0.4, 0.5) is 5.95 Å². The van der Waals surface area contributed by atoms with Crippen LogP contribution < -0.4 is 5.32 Å². The lowest BCUT2D eigenvalue weighted by Gasteiger charge is -2.40. The summed E-state index contributed by atoms with van der Waals surface area (Å²) in [5, 5.41) is 3.76. The zero-order valence-electron chi connectivity index (χ0n) is 17.6. The van der Waals surface area contributed by atoms with Gasteiger partial charge in [0, 0.05) is 31.0 Å². The second-order valence-corrected chi connectivity index (χ2v) is 8.30. The zero-order chi connectivity index (χ0) is 21.8. The Morgan fingerprint density at radius 1 is 1.16 bits per heavy atom. The second-order valence-electron chi connectivity index (χ2n) is 7.86. The molecular formula is C23H25ClN6O. The highest BCUT2D eigenvalue weighted by Crippen LogP contribution is 2.30. The predicted molar refractivity (Wildman–Crippen MR) is 121 cm³/mol. The van der Waals surface area contributed by atoms with E-state index in [9.17, 15) is 4.79 Å². The first kappa shape index (κ1) is 21.2. The molecule has 1 N–H and O–H groups in total. The fourth-order valence-electron chi connectivity index (χ4n) is 4.13. The third kappa shape index (κ3) is 4.66. The minimum Gasteiger partial charge on any atom is -0.352 e. The maximum Gasteiger partial charge on any atom is 0.255 e. The van der Waals surface area contributed by atoms with Gasteiger partial charge in [0.1, 0.15) is 0 Å². The number of carbonyl (C=O) groups is 1. The van der Waals surface area contributed by atoms with Crippen molar-refractivity contribution in [3.63, 3.8) is 0 Å². The molecule has 31 heavy (non-hydrogen) atoms. The number of nitrogens with zero attached hydrogens (tertiary/aromatic N) is 5. The molecule has 7 nitrogen and oxygen atoms in total. The van der Waals surface area contributed by atoms with Gasteiger partial charge >= 0.3 is 0 Å². The Kier molecular flexibility index (Phi) is 6.42. The summed E-state index contributed by atoms with van der Waals surface area (Å²) in [7, 11) is 0. The summed E-state index contributed by atoms with van der Waals surface area (Å²) in [4.78, 5) is 33.0. The molecule has 1 unspecified atom stereocenters. The number of halogens is 1. The highest BCUT2D eigenvalue weighted by atomic mass is 35.5. The Labute approximate surface area is 186 Å². The van der Waals surface area contributed by atoms with Crippen molar-refractivity contribution in [1.82, 2.24) is 24.8 Å². The van der Waals surface area contributed by atoms with E-state index in [1.807, 2.05) is 30.0 Å². The molecule has 0 spiro atoms. The van der Waals surface area contributed by atoms with Gasteiger partial charge in [-0.15, -0.1) is 0 Å². The number of hydrogen-bond donors (Lipinski definition) is 1. The van der Waals surface area contributed by atoms with E-state index in [4.69, 9.17) is 11.6 Å². The number of aryl methyl sites for hydroxylation is 1. The number of likely N-dealkylation sites (tertiary alicyclic amines) is 1. The quantitative estimate of drug-likeness (QED) is 0.643. The van der Waals surface area contributed by atoms with E-state index in [0.717, 1.165) is 24.0 Å². The summed E-state index contributed by atoms with van der Waals surface area (Å²) in [6.45, 7) is 5.42. The monoisotopic (exact) mass is 436 g/mol. The molecule has 0 radical (unpaired) electrons. The van der Waals surface area contributed by atoms with Crippen molar-refractivity contribution in [3.05, 3.63) is 65.2 Å². The fraction of sp³-hybridized carbons (Fsp3) is 0.348. The predicted octanol–water partition coefficient (Wildman–Crippen LogP) is 4.25. The summed E-state index contributed by atoms with van der Waals surface area (Å²) in [6, 6.07) is 7.60. The van der Waals surface area contributed by atoms with E-state index >= 15 is 0 Å². The Morgan fingerprint density at radius 3 is 2.65 bits per heavy atom. The molecule has 3 heterocycles. The topological polar surface area (TPSA) is 83.9 Å². The van der Waals surface area contributed by atoms with Crippen LogP contribution in [0.3, 0.4) is 0 Å². The van der Waals surface area contributed by atoms with Crippen LogP contribution in [-0.2, 0) is 0 Å². The van der Waals surface area contributed by atoms with Gasteiger partial charge in [0.25, 0.3) is 5.91 Å². The van der Waals surface area contributed by atoms with Crippen molar-refractivity contribution in [3.8, 4) is 11.4 Å². The van der Waals surface area contributed by atoms with Crippen LogP contribution in [-0.4, -0.2) is 49.9 Å². The Morgan fingerprint density at radius 2 is 1.90 bits per heavy atom. The van der Waals surface area contributed by atoms with Crippen molar-refractivity contribution in [2.75, 3.05) is 18.4 Å². The number of benzene rings is 1. The van der Waals surface area contributed by atoms with Gasteiger partial charge in [-0.25, -0.2) is 19.9 Å². The standard InChI is InChI=1S/C23H25ClN6O/c1-15-7-4-11-30(19(15)14-29-23-27-12-17(24)13-28-23)22(31)20-16(2)6-3-8-18(20)21-25-9-5-10-26-21/h3,5-6,8-10,12-13,15,19H,4,7,11,14H2,1-2H3,(H,27,28,29)/t15-,19?/m1/s1. The average Bonchev–Trinajstić information content (AvgIpc) is 2.79. The van der Waals surface area contributed by atoms with E-state index in [-0.39, 0.29) is 11.9 Å². The number of piperidine rings is 1. The van der Waals surface area contributed by atoms with Gasteiger partial charge in [-0.05, 0) is 37.3 Å². The number of hydrogen-bond acceptors (Lipinski definition) is 6. The lowest BCUT2D eigenvalue weighted by Crippen LogP contribution is -2.51. The molecule has 1 aromatic carbocycles. The summed E-state index contributed by atoms with van der Waals surface area (Å²) >= 11 is 5.88. The number of amides is 1. The third-order valence-electron chi connectivity index (χ3n) is 5.76. The molecule has 0 saturated carbocycles. The van der Waals surface area contributed by atoms with Crippen molar-refractivity contribution in [2.24, 2.45) is 5.92 Å². The van der Waals surface area contributed by atoms with E-state index in [1.54, 1.807) is 30.9 Å². The first-order valence-corrected chi connectivity index (χ1v) is 10.8. The largest absolute Gasteiger partial charge is 0.352 e. The molecule has 1 amide bonds. The van der Waals surface area contributed by atoms with E-state index in [1.165, 1.54) is 0 Å². The molecule has 1 aliphatic rings. The van der Waals surface area contributed by atoms with Gasteiger partial charge in [-0.1, -0.05) is 36.7 Å². The van der Waals surface area contributed by atoms with Crippen molar-refractivity contribution < 1.29 is 4.79 Å². The first-order chi connectivity index (χ1) is 15.0. The molecule has 2 atom stereocenters. The maximum absolute atomic E-state index is 13.8. The van der Waals surface area contributed by atoms with Gasteiger partial charge < -0.3 is 10.2 Å². The minimum absolute atomic E-state index is 0.0101. The van der Waals surface area contributed by atoms with E-state index < -0.39 is 0 Å². The fourth-order valence-corrected chi connectivity index (χ4v) is 4.23. The average molecular weight is 437 g/mol. The van der Waals surface area contributed by atoms with Gasteiger partial charge in [0.05, 0.1) is 29.0 Å². The van der Waals surface area contributed by atoms with Crippen LogP contribution in [0.25, 0.3) is 11.4 Å². The molecule has 0 aliphatic carbocycles. The molecule has 4 rings (SSSR count). The first-order valence-electron chi connectivity index (χ1n) is 10.4. The molecule has 8 heteroatoms. The Hall–Kier alpha value is -3.06. The normalized spacial score (nSPS) is 18.6. The Bertz CT molecular complexity index is 1040. The van der Waals surface area contributed by atoms with Crippen LogP contribution in [0.1, 0.15) is 35.7 Å². The summed E-state index contributed by atoms with van der Waals surface area (Å²) < 4.78 is 0.